The molecule has 0 aliphatic rings. The molecule has 3 aromatic heterocycles. The van der Waals surface area contributed by atoms with Crippen molar-refractivity contribution in [1.29, 1.82) is 0 Å². The molecule has 0 unspecified atom stereocenters. The SMILES string of the molecule is NC(=O)Cn1cc(C=c2sc3nc4ccccc4n3c2=O)c2ccccc21. The van der Waals surface area contributed by atoms with Crippen molar-refractivity contribution in [2.75, 3.05) is 0 Å². The summed E-state index contributed by atoms with van der Waals surface area (Å²) in [6, 6.07) is 15.3. The molecule has 132 valence electrons. The number of carbonyl (C=O) groups is 1. The van der Waals surface area contributed by atoms with E-state index in [1.807, 2.05) is 65.4 Å². The van der Waals surface area contributed by atoms with Crippen LogP contribution in [0.15, 0.2) is 59.5 Å². The largest absolute Gasteiger partial charge is 0.368 e. The zero-order chi connectivity index (χ0) is 18.5. The highest BCUT2D eigenvalue weighted by atomic mass is 32.1. The minimum Gasteiger partial charge on any atom is -0.368 e. The van der Waals surface area contributed by atoms with E-state index in [0.29, 0.717) is 9.49 Å². The number of aromatic nitrogens is 3. The van der Waals surface area contributed by atoms with Crippen molar-refractivity contribution in [1.82, 2.24) is 14.0 Å². The third-order valence-electron chi connectivity index (χ3n) is 4.58. The van der Waals surface area contributed by atoms with Crippen molar-refractivity contribution in [3.05, 3.63) is 75.2 Å². The highest BCUT2D eigenvalue weighted by molar-refractivity contribution is 7.15. The summed E-state index contributed by atoms with van der Waals surface area (Å²) < 4.78 is 4.06. The van der Waals surface area contributed by atoms with Crippen molar-refractivity contribution in [3.8, 4) is 0 Å². The number of thiazole rings is 1. The summed E-state index contributed by atoms with van der Waals surface area (Å²) in [5.41, 5.74) is 8.67. The molecular formula is C20H14N4O2S. The summed E-state index contributed by atoms with van der Waals surface area (Å²) >= 11 is 1.36. The van der Waals surface area contributed by atoms with Gasteiger partial charge in [-0.15, -0.1) is 0 Å². The van der Waals surface area contributed by atoms with E-state index in [-0.39, 0.29) is 12.1 Å². The fraction of sp³-hybridized carbons (Fsp3) is 0.0500. The zero-order valence-corrected chi connectivity index (χ0v) is 14.9. The number of nitrogens with two attached hydrogens (primary N) is 1. The van der Waals surface area contributed by atoms with Crippen molar-refractivity contribution in [2.24, 2.45) is 5.73 Å². The van der Waals surface area contributed by atoms with Gasteiger partial charge in [0.25, 0.3) is 5.56 Å². The number of benzene rings is 2. The maximum atomic E-state index is 12.9. The predicted octanol–water partition coefficient (Wildman–Crippen LogP) is 1.90. The van der Waals surface area contributed by atoms with Crippen LogP contribution in [0.4, 0.5) is 0 Å². The van der Waals surface area contributed by atoms with E-state index in [4.69, 9.17) is 5.73 Å². The van der Waals surface area contributed by atoms with Gasteiger partial charge in [-0.1, -0.05) is 41.7 Å². The Bertz CT molecular complexity index is 1460. The standard InChI is InChI=1S/C20H14N4O2S/c21-18(25)11-23-10-12(13-5-1-3-7-15(13)23)9-17-19(26)24-16-8-4-2-6-14(16)22-20(24)27-17/h1-10H,11H2,(H2,21,25). The van der Waals surface area contributed by atoms with Crippen LogP contribution < -0.4 is 15.8 Å². The van der Waals surface area contributed by atoms with E-state index in [9.17, 15) is 9.59 Å². The van der Waals surface area contributed by atoms with Gasteiger partial charge in [0.05, 0.1) is 15.6 Å². The van der Waals surface area contributed by atoms with Crippen LogP contribution in [0.2, 0.25) is 0 Å². The number of carbonyl (C=O) groups excluding carboxylic acids is 1. The van der Waals surface area contributed by atoms with Crippen LogP contribution in [0.5, 0.6) is 0 Å². The summed E-state index contributed by atoms with van der Waals surface area (Å²) in [6.45, 7) is 0.0942. The third kappa shape index (κ3) is 2.43. The molecule has 27 heavy (non-hydrogen) atoms. The second-order valence-corrected chi connectivity index (χ2v) is 7.34. The number of hydrogen-bond donors (Lipinski definition) is 1. The van der Waals surface area contributed by atoms with Crippen molar-refractivity contribution < 1.29 is 4.79 Å². The van der Waals surface area contributed by atoms with E-state index < -0.39 is 5.91 Å². The van der Waals surface area contributed by atoms with E-state index in [2.05, 4.69) is 4.98 Å². The molecule has 0 spiro atoms. The average Bonchev–Trinajstić information content (AvgIpc) is 3.28. The van der Waals surface area contributed by atoms with Gasteiger partial charge in [-0.05, 0) is 24.3 Å². The predicted molar refractivity (Wildman–Crippen MR) is 107 cm³/mol. The molecule has 0 atom stereocenters. The number of amides is 1. The highest BCUT2D eigenvalue weighted by Crippen LogP contribution is 2.22. The van der Waals surface area contributed by atoms with Crippen LogP contribution in [0.3, 0.4) is 0 Å². The number of primary amides is 1. The first-order valence-corrected chi connectivity index (χ1v) is 9.21. The Balaban J connectivity index is 1.77. The van der Waals surface area contributed by atoms with Gasteiger partial charge in [0.1, 0.15) is 6.54 Å². The smallest absolute Gasteiger partial charge is 0.274 e. The second kappa shape index (κ2) is 5.78. The number of imidazole rings is 1. The van der Waals surface area contributed by atoms with Crippen LogP contribution in [0, 0.1) is 0 Å². The van der Waals surface area contributed by atoms with E-state index >= 15 is 0 Å². The number of rotatable bonds is 3. The number of fused-ring (bicyclic) bond motifs is 4. The molecule has 5 rings (SSSR count). The molecule has 0 aliphatic carbocycles. The summed E-state index contributed by atoms with van der Waals surface area (Å²) in [4.78, 5) is 29.5. The first-order valence-electron chi connectivity index (χ1n) is 8.40. The zero-order valence-electron chi connectivity index (χ0n) is 14.1. The molecule has 0 bridgehead atoms. The minimum absolute atomic E-state index is 0.0876. The summed E-state index contributed by atoms with van der Waals surface area (Å²) in [7, 11) is 0. The quantitative estimate of drug-likeness (QED) is 0.524. The summed E-state index contributed by atoms with van der Waals surface area (Å²) in [5, 5.41) is 0.967. The summed E-state index contributed by atoms with van der Waals surface area (Å²) in [6.07, 6.45) is 3.71. The monoisotopic (exact) mass is 374 g/mol. The Labute approximate surface area is 156 Å². The Morgan fingerprint density at radius 1 is 1.11 bits per heavy atom. The van der Waals surface area contributed by atoms with Crippen LogP contribution in [-0.4, -0.2) is 19.9 Å². The molecule has 0 fully saturated rings. The van der Waals surface area contributed by atoms with Gasteiger partial charge in [0.2, 0.25) is 5.91 Å². The van der Waals surface area contributed by atoms with Gasteiger partial charge >= 0.3 is 0 Å². The van der Waals surface area contributed by atoms with Gasteiger partial charge in [0, 0.05) is 22.7 Å². The Hall–Kier alpha value is -3.45. The molecule has 0 radical (unpaired) electrons. The maximum absolute atomic E-state index is 12.9. The first-order chi connectivity index (χ1) is 13.1. The molecule has 2 aromatic carbocycles. The molecule has 0 saturated carbocycles. The van der Waals surface area contributed by atoms with E-state index in [1.54, 1.807) is 4.40 Å². The van der Waals surface area contributed by atoms with Crippen molar-refractivity contribution >= 4 is 50.2 Å². The second-order valence-electron chi connectivity index (χ2n) is 6.33. The molecule has 0 aliphatic heterocycles. The van der Waals surface area contributed by atoms with E-state index in [1.165, 1.54) is 11.3 Å². The molecule has 3 heterocycles. The Morgan fingerprint density at radius 3 is 2.67 bits per heavy atom. The lowest BCUT2D eigenvalue weighted by atomic mass is 10.2. The topological polar surface area (TPSA) is 82.4 Å². The first kappa shape index (κ1) is 15.8. The van der Waals surface area contributed by atoms with Crippen molar-refractivity contribution in [2.45, 2.75) is 6.54 Å². The van der Waals surface area contributed by atoms with Crippen LogP contribution in [0.1, 0.15) is 5.56 Å². The Morgan fingerprint density at radius 2 is 1.85 bits per heavy atom. The Kier molecular flexibility index (Phi) is 3.38. The highest BCUT2D eigenvalue weighted by Gasteiger charge is 2.12. The number of para-hydroxylation sites is 3. The average molecular weight is 374 g/mol. The molecule has 6 nitrogen and oxygen atoms in total. The van der Waals surface area contributed by atoms with Crippen molar-refractivity contribution in [3.63, 3.8) is 0 Å². The lowest BCUT2D eigenvalue weighted by Crippen LogP contribution is -2.22. The summed E-state index contributed by atoms with van der Waals surface area (Å²) in [5.74, 6) is -0.409. The lowest BCUT2D eigenvalue weighted by Gasteiger charge is -2.00. The van der Waals surface area contributed by atoms with Crippen LogP contribution in [-0.2, 0) is 11.3 Å². The van der Waals surface area contributed by atoms with Gasteiger partial charge in [0.15, 0.2) is 4.96 Å². The van der Waals surface area contributed by atoms with E-state index in [0.717, 1.165) is 27.5 Å². The maximum Gasteiger partial charge on any atom is 0.274 e. The van der Waals surface area contributed by atoms with Crippen LogP contribution in [0.25, 0.3) is 33.0 Å². The minimum atomic E-state index is -0.409. The molecule has 0 saturated heterocycles. The third-order valence-corrected chi connectivity index (χ3v) is 5.55. The molecule has 2 N–H and O–H groups in total. The fourth-order valence-electron chi connectivity index (χ4n) is 3.44. The molecule has 7 heteroatoms. The number of hydrogen-bond acceptors (Lipinski definition) is 4. The van der Waals surface area contributed by atoms with Crippen LogP contribution >= 0.6 is 11.3 Å². The lowest BCUT2D eigenvalue weighted by molar-refractivity contribution is -0.118. The molecule has 5 aromatic rings. The molecule has 1 amide bonds. The normalized spacial score (nSPS) is 12.5. The number of nitrogens with zero attached hydrogens (tertiary/aromatic N) is 3. The van der Waals surface area contributed by atoms with Gasteiger partial charge in [-0.25, -0.2) is 9.38 Å². The van der Waals surface area contributed by atoms with Gasteiger partial charge < -0.3 is 10.3 Å². The fourth-order valence-corrected chi connectivity index (χ4v) is 4.42. The molecular weight excluding hydrogens is 360 g/mol. The van der Waals surface area contributed by atoms with Gasteiger partial charge in [-0.3, -0.25) is 9.59 Å². The van der Waals surface area contributed by atoms with Gasteiger partial charge in [-0.2, -0.15) is 0 Å².